The van der Waals surface area contributed by atoms with Gasteiger partial charge >= 0.3 is 5.97 Å². The average molecular weight is 273 g/mol. The number of hydrogen-bond acceptors (Lipinski definition) is 4. The summed E-state index contributed by atoms with van der Waals surface area (Å²) in [7, 11) is 3.08. The van der Waals surface area contributed by atoms with E-state index in [-0.39, 0.29) is 5.97 Å². The molecular formula is C13H27N3O3. The molecule has 0 aliphatic heterocycles. The van der Waals surface area contributed by atoms with E-state index in [1.807, 2.05) is 0 Å². The number of rotatable bonds is 9. The summed E-state index contributed by atoms with van der Waals surface area (Å²) in [5.41, 5.74) is 0. The number of guanidine groups is 1. The van der Waals surface area contributed by atoms with Crippen molar-refractivity contribution in [2.45, 2.75) is 26.7 Å². The molecule has 0 aromatic rings. The molecule has 0 spiro atoms. The van der Waals surface area contributed by atoms with E-state index in [0.29, 0.717) is 24.8 Å². The van der Waals surface area contributed by atoms with Crippen LogP contribution in [-0.4, -0.2) is 52.4 Å². The molecule has 2 N–H and O–H groups in total. The number of nitrogens with one attached hydrogen (secondary N) is 2. The summed E-state index contributed by atoms with van der Waals surface area (Å²) in [6, 6.07) is 0. The van der Waals surface area contributed by atoms with Gasteiger partial charge < -0.3 is 20.1 Å². The van der Waals surface area contributed by atoms with E-state index >= 15 is 0 Å². The number of carbonyl (C=O) groups is 1. The molecule has 0 saturated carbocycles. The van der Waals surface area contributed by atoms with E-state index in [1.54, 1.807) is 7.05 Å². The van der Waals surface area contributed by atoms with E-state index in [1.165, 1.54) is 7.11 Å². The molecule has 0 amide bonds. The van der Waals surface area contributed by atoms with Crippen molar-refractivity contribution in [1.82, 2.24) is 10.6 Å². The Morgan fingerprint density at radius 1 is 1.26 bits per heavy atom. The molecule has 0 unspecified atom stereocenters. The molecule has 0 rings (SSSR count). The van der Waals surface area contributed by atoms with Crippen molar-refractivity contribution < 1.29 is 14.3 Å². The standard InChI is InChI=1S/C13H27N3O3/c1-11(2)10-19-9-5-7-15-13(14-3)16-8-6-12(17)18-4/h11H,5-10H2,1-4H3,(H2,14,15,16). The fraction of sp³-hybridized carbons (Fsp3) is 0.846. The summed E-state index contributed by atoms with van der Waals surface area (Å²) in [5, 5.41) is 6.20. The zero-order chi connectivity index (χ0) is 14.5. The van der Waals surface area contributed by atoms with E-state index in [2.05, 4.69) is 34.2 Å². The number of methoxy groups -OCH3 is 1. The monoisotopic (exact) mass is 273 g/mol. The third kappa shape index (κ3) is 11.5. The maximum absolute atomic E-state index is 10.9. The van der Waals surface area contributed by atoms with Gasteiger partial charge in [0.2, 0.25) is 0 Å². The number of esters is 1. The second-order valence-electron chi connectivity index (χ2n) is 4.57. The van der Waals surface area contributed by atoms with Gasteiger partial charge in [0.1, 0.15) is 0 Å². The van der Waals surface area contributed by atoms with Gasteiger partial charge in [0.05, 0.1) is 13.5 Å². The first kappa shape index (κ1) is 17.7. The van der Waals surface area contributed by atoms with E-state index < -0.39 is 0 Å². The van der Waals surface area contributed by atoms with Crippen LogP contribution < -0.4 is 10.6 Å². The molecular weight excluding hydrogens is 246 g/mol. The van der Waals surface area contributed by atoms with Gasteiger partial charge in [0.25, 0.3) is 0 Å². The van der Waals surface area contributed by atoms with Gasteiger partial charge in [-0.2, -0.15) is 0 Å². The fourth-order valence-corrected chi connectivity index (χ4v) is 1.31. The second kappa shape index (κ2) is 11.8. The van der Waals surface area contributed by atoms with Gasteiger partial charge in [-0.05, 0) is 12.3 Å². The molecule has 0 heterocycles. The Labute approximate surface area is 116 Å². The normalized spacial score (nSPS) is 11.5. The molecule has 6 heteroatoms. The second-order valence-corrected chi connectivity index (χ2v) is 4.57. The quantitative estimate of drug-likeness (QED) is 0.281. The van der Waals surface area contributed by atoms with Crippen molar-refractivity contribution in [3.63, 3.8) is 0 Å². The Bertz CT molecular complexity index is 268. The van der Waals surface area contributed by atoms with Crippen molar-refractivity contribution in [2.75, 3.05) is 40.5 Å². The molecule has 0 bridgehead atoms. The molecule has 6 nitrogen and oxygen atoms in total. The third-order valence-corrected chi connectivity index (χ3v) is 2.28. The van der Waals surface area contributed by atoms with Crippen LogP contribution in [0.5, 0.6) is 0 Å². The third-order valence-electron chi connectivity index (χ3n) is 2.28. The summed E-state index contributed by atoms with van der Waals surface area (Å²) in [6.07, 6.45) is 1.25. The molecule has 19 heavy (non-hydrogen) atoms. The van der Waals surface area contributed by atoms with Crippen LogP contribution in [0.4, 0.5) is 0 Å². The maximum atomic E-state index is 10.9. The molecule has 0 aromatic heterocycles. The molecule has 112 valence electrons. The Morgan fingerprint density at radius 2 is 1.95 bits per heavy atom. The predicted molar refractivity (Wildman–Crippen MR) is 76.3 cm³/mol. The van der Waals surface area contributed by atoms with E-state index in [9.17, 15) is 4.79 Å². The van der Waals surface area contributed by atoms with Crippen LogP contribution in [0.2, 0.25) is 0 Å². The summed E-state index contributed by atoms with van der Waals surface area (Å²) < 4.78 is 10.0. The van der Waals surface area contributed by atoms with Gasteiger partial charge in [-0.15, -0.1) is 0 Å². The van der Waals surface area contributed by atoms with Crippen LogP contribution in [0, 0.1) is 5.92 Å². The number of ether oxygens (including phenoxy) is 2. The van der Waals surface area contributed by atoms with Gasteiger partial charge in [0.15, 0.2) is 5.96 Å². The number of hydrogen-bond donors (Lipinski definition) is 2. The minimum absolute atomic E-state index is 0.231. The number of aliphatic imine (C=N–C) groups is 1. The Kier molecular flexibility index (Phi) is 11.0. The minimum Gasteiger partial charge on any atom is -0.469 e. The lowest BCUT2D eigenvalue weighted by molar-refractivity contribution is -0.140. The van der Waals surface area contributed by atoms with Crippen molar-refractivity contribution in [3.8, 4) is 0 Å². The summed E-state index contributed by atoms with van der Waals surface area (Å²) in [5.74, 6) is 1.03. The smallest absolute Gasteiger partial charge is 0.307 e. The highest BCUT2D eigenvalue weighted by Crippen LogP contribution is 1.92. The van der Waals surface area contributed by atoms with Crippen LogP contribution in [0.25, 0.3) is 0 Å². The number of nitrogens with zero attached hydrogens (tertiary/aromatic N) is 1. The highest BCUT2D eigenvalue weighted by molar-refractivity contribution is 5.80. The van der Waals surface area contributed by atoms with Crippen LogP contribution in [0.15, 0.2) is 4.99 Å². The molecule has 0 atom stereocenters. The Hall–Kier alpha value is -1.30. The fourth-order valence-electron chi connectivity index (χ4n) is 1.31. The molecule has 0 radical (unpaired) electrons. The van der Waals surface area contributed by atoms with E-state index in [4.69, 9.17) is 4.74 Å². The highest BCUT2D eigenvalue weighted by Gasteiger charge is 2.01. The average Bonchev–Trinajstić information content (AvgIpc) is 2.39. The maximum Gasteiger partial charge on any atom is 0.307 e. The molecule has 0 aliphatic carbocycles. The van der Waals surface area contributed by atoms with Gasteiger partial charge in [-0.1, -0.05) is 13.8 Å². The van der Waals surface area contributed by atoms with Crippen molar-refractivity contribution in [2.24, 2.45) is 10.9 Å². The largest absolute Gasteiger partial charge is 0.469 e. The zero-order valence-corrected chi connectivity index (χ0v) is 12.5. The predicted octanol–water partition coefficient (Wildman–Crippen LogP) is 0.777. The summed E-state index contributed by atoms with van der Waals surface area (Å²) >= 11 is 0. The lowest BCUT2D eigenvalue weighted by Crippen LogP contribution is -2.39. The first-order valence-electron chi connectivity index (χ1n) is 6.69. The van der Waals surface area contributed by atoms with Crippen LogP contribution >= 0.6 is 0 Å². The summed E-state index contributed by atoms with van der Waals surface area (Å²) in [6.45, 7) is 7.10. The van der Waals surface area contributed by atoms with Gasteiger partial charge in [-0.3, -0.25) is 9.79 Å². The Morgan fingerprint density at radius 3 is 2.53 bits per heavy atom. The first-order chi connectivity index (χ1) is 9.10. The first-order valence-corrected chi connectivity index (χ1v) is 6.69. The number of carbonyl (C=O) groups excluding carboxylic acids is 1. The van der Waals surface area contributed by atoms with Crippen molar-refractivity contribution in [3.05, 3.63) is 0 Å². The van der Waals surface area contributed by atoms with Crippen molar-refractivity contribution in [1.29, 1.82) is 0 Å². The SMILES string of the molecule is CN=C(NCCCOCC(C)C)NCCC(=O)OC. The topological polar surface area (TPSA) is 72.0 Å². The lowest BCUT2D eigenvalue weighted by atomic mass is 10.2. The molecule has 0 saturated heterocycles. The minimum atomic E-state index is -0.231. The Balaban J connectivity index is 3.52. The zero-order valence-electron chi connectivity index (χ0n) is 12.5. The van der Waals surface area contributed by atoms with Crippen LogP contribution in [0.1, 0.15) is 26.7 Å². The molecule has 0 aromatic carbocycles. The van der Waals surface area contributed by atoms with Gasteiger partial charge in [-0.25, -0.2) is 0 Å². The van der Waals surface area contributed by atoms with E-state index in [0.717, 1.165) is 26.2 Å². The van der Waals surface area contributed by atoms with Crippen LogP contribution in [-0.2, 0) is 14.3 Å². The van der Waals surface area contributed by atoms with Gasteiger partial charge in [0, 0.05) is 33.4 Å². The summed E-state index contributed by atoms with van der Waals surface area (Å²) in [4.78, 5) is 15.0. The molecule has 0 aliphatic rings. The van der Waals surface area contributed by atoms with Crippen molar-refractivity contribution >= 4 is 11.9 Å². The lowest BCUT2D eigenvalue weighted by Gasteiger charge is -2.11. The van der Waals surface area contributed by atoms with Crippen LogP contribution in [0.3, 0.4) is 0 Å². The highest BCUT2D eigenvalue weighted by atomic mass is 16.5. The molecule has 0 fully saturated rings.